The third kappa shape index (κ3) is 71.6. The summed E-state index contributed by atoms with van der Waals surface area (Å²) >= 11 is 3.39. The number of hydrogen-bond donors (Lipinski definition) is 0. The molecule has 2 heteroatoms. The van der Waals surface area contributed by atoms with Crippen molar-refractivity contribution in [3.63, 3.8) is 0 Å². The molecule has 0 N–H and O–H groups in total. The van der Waals surface area contributed by atoms with Gasteiger partial charge >= 0.3 is 45.5 Å². The zero-order chi connectivity index (χ0) is 4.50. The van der Waals surface area contributed by atoms with E-state index in [0.717, 1.165) is 0 Å². The van der Waals surface area contributed by atoms with Crippen molar-refractivity contribution >= 4 is 13.5 Å². The van der Waals surface area contributed by atoms with E-state index in [1.807, 2.05) is 0 Å². The van der Waals surface area contributed by atoms with Gasteiger partial charge in [-0.3, -0.25) is 0 Å². The van der Waals surface area contributed by atoms with Gasteiger partial charge in [-0.15, -0.1) is 0 Å². The van der Waals surface area contributed by atoms with Crippen molar-refractivity contribution < 1.29 is 21.1 Å². The Morgan fingerprint density at radius 2 is 1.17 bits per heavy atom. The molecule has 0 aliphatic heterocycles. The Balaban J connectivity index is 0. The molecule has 0 radical (unpaired) electrons. The van der Waals surface area contributed by atoms with Gasteiger partial charge in [0.05, 0.1) is 0 Å². The molecule has 0 rings (SSSR count). The molecule has 0 aliphatic carbocycles. The van der Waals surface area contributed by atoms with Crippen molar-refractivity contribution in [1.82, 2.24) is 0 Å². The molecule has 0 saturated carbocycles. The molecule has 0 aliphatic rings. The minimum Gasteiger partial charge on any atom is -2.00 e. The summed E-state index contributed by atoms with van der Waals surface area (Å²) in [4.78, 5) is 0. The van der Waals surface area contributed by atoms with E-state index in [9.17, 15) is 0 Å². The normalized spacial score (nSPS) is 10.2. The molecular weight excluding hydrogens is 188 g/mol. The van der Waals surface area contributed by atoms with Crippen LogP contribution in [-0.4, -0.2) is 0 Å². The van der Waals surface area contributed by atoms with E-state index in [2.05, 4.69) is 41.8 Å². The summed E-state index contributed by atoms with van der Waals surface area (Å²) in [6.07, 6.45) is 0. The maximum absolute atomic E-state index is 3.39. The van der Waals surface area contributed by atoms with Crippen molar-refractivity contribution in [3.8, 4) is 0 Å². The van der Waals surface area contributed by atoms with Crippen LogP contribution in [0.2, 0.25) is 3.63 Å². The maximum Gasteiger partial charge on any atom is -2.00 e. The summed E-state index contributed by atoms with van der Waals surface area (Å²) in [7, 11) is 0. The predicted molar refractivity (Wildman–Crippen MR) is 27.1 cm³/mol. The summed E-state index contributed by atoms with van der Waals surface area (Å²) in [6.45, 7) is 6.31. The Kier molecular flexibility index (Phi) is 5.31. The summed E-state index contributed by atoms with van der Waals surface area (Å²) in [5.74, 6) is 0. The monoisotopic (exact) mass is 196 g/mol. The van der Waals surface area contributed by atoms with Gasteiger partial charge < -0.3 is 13.5 Å². The van der Waals surface area contributed by atoms with Gasteiger partial charge in [-0.1, -0.05) is 0 Å². The summed E-state index contributed by atoms with van der Waals surface area (Å²) in [5, 5.41) is 0. The summed E-state index contributed by atoms with van der Waals surface area (Å²) in [5.41, 5.74) is 0. The van der Waals surface area contributed by atoms with Gasteiger partial charge in [-0.05, 0) is 0 Å². The van der Waals surface area contributed by atoms with Crippen LogP contribution in [0, 0.1) is 0 Å². The van der Waals surface area contributed by atoms with Gasteiger partial charge in [-0.2, -0.15) is 0 Å². The predicted octanol–water partition coefficient (Wildman–Crippen LogP) is 1.75. The zero-order valence-corrected chi connectivity index (χ0v) is 6.51. The Labute approximate surface area is 59.1 Å². The quantitative estimate of drug-likeness (QED) is 0.519. The number of hydrogen-bond acceptors (Lipinski definition) is 0. The van der Waals surface area contributed by atoms with Crippen LogP contribution in [0.1, 0.15) is 20.8 Å². The van der Waals surface area contributed by atoms with E-state index in [1.54, 1.807) is 0 Å². The Bertz CT molecular complexity index is 23.0. The topological polar surface area (TPSA) is 0 Å². The fourth-order valence-electron chi connectivity index (χ4n) is 0. The Morgan fingerprint density at radius 1 is 1.17 bits per heavy atom. The third-order valence-corrected chi connectivity index (χ3v) is 0. The average molecular weight is 197 g/mol. The fourth-order valence-corrected chi connectivity index (χ4v) is 0. The molecule has 0 amide bonds. The van der Waals surface area contributed by atoms with Crippen LogP contribution < -0.4 is 0 Å². The first-order valence-electron chi connectivity index (χ1n) is 1.65. The molecule has 0 bridgehead atoms. The third-order valence-electron chi connectivity index (χ3n) is 0. The van der Waals surface area contributed by atoms with Crippen LogP contribution in [0.25, 0.3) is 0 Å². The first-order valence-corrected chi connectivity index (χ1v) is 2.39. The van der Waals surface area contributed by atoms with Crippen LogP contribution in [0.3, 0.4) is 0 Å². The average Bonchev–Trinajstić information content (AvgIpc) is 0.722. The first-order chi connectivity index (χ1) is 2.00. The molecule has 0 aromatic carbocycles. The van der Waals surface area contributed by atoms with Crippen LogP contribution in [0.5, 0.6) is 0 Å². The summed E-state index contributed by atoms with van der Waals surface area (Å²) < 4.78 is 0.310. The van der Waals surface area contributed by atoms with Gasteiger partial charge in [0.25, 0.3) is 0 Å². The van der Waals surface area contributed by atoms with E-state index in [0.29, 0.717) is 3.63 Å². The van der Waals surface area contributed by atoms with Crippen LogP contribution in [0.4, 0.5) is 0 Å². The van der Waals surface area contributed by atoms with E-state index >= 15 is 0 Å². The second-order valence-electron chi connectivity index (χ2n) is 1.95. The molecule has 44 valence electrons. The molecule has 0 fully saturated rings. The Hall–Kier alpha value is 1.09. The van der Waals surface area contributed by atoms with Crippen molar-refractivity contribution in [3.05, 3.63) is 0 Å². The second kappa shape index (κ2) is 3.14. The molecule has 0 heterocycles. The van der Waals surface area contributed by atoms with E-state index in [1.165, 1.54) is 0 Å². The van der Waals surface area contributed by atoms with Crippen LogP contribution >= 0.6 is 0 Å². The Morgan fingerprint density at radius 3 is 1.17 bits per heavy atom. The fraction of sp³-hybridized carbons (Fsp3) is 1.00. The van der Waals surface area contributed by atoms with Gasteiger partial charge in [-0.25, -0.2) is 0 Å². The van der Waals surface area contributed by atoms with Gasteiger partial charge in [0.1, 0.15) is 0 Å². The molecule has 0 spiro atoms. The van der Waals surface area contributed by atoms with Crippen molar-refractivity contribution in [2.75, 3.05) is 0 Å². The van der Waals surface area contributed by atoms with Crippen molar-refractivity contribution in [2.45, 2.75) is 24.4 Å². The number of rotatable bonds is 0. The molecule has 0 unspecified atom stereocenters. The largest absolute Gasteiger partial charge is 2.00 e. The summed E-state index contributed by atoms with van der Waals surface area (Å²) in [6, 6.07) is 0. The molecule has 0 aromatic rings. The molecule has 0 atom stereocenters. The standard InChI is InChI=1S/C4H9.Ag.S/c1-4(2)3;;/h1-3H3;;/q;;-2. The molecule has 6 heavy (non-hydrogen) atoms. The zero-order valence-electron chi connectivity index (χ0n) is 4.21. The molecule has 0 nitrogen and oxygen atoms in total. The van der Waals surface area contributed by atoms with E-state index in [-0.39, 0.29) is 13.5 Å². The van der Waals surface area contributed by atoms with Crippen molar-refractivity contribution in [2.24, 2.45) is 0 Å². The maximum atomic E-state index is 3.39. The first kappa shape index (κ1) is 10.1. The van der Waals surface area contributed by atoms with Crippen LogP contribution in [0.15, 0.2) is 0 Å². The second-order valence-corrected chi connectivity index (χ2v) is 4.18. The van der Waals surface area contributed by atoms with Gasteiger partial charge in [0.15, 0.2) is 0 Å². The minimum absolute atomic E-state index is 0. The SMILES string of the molecule is C[C](C)(C)[Ag].[S-2]. The minimum atomic E-state index is 0. The van der Waals surface area contributed by atoms with Gasteiger partial charge in [0, 0.05) is 0 Å². The van der Waals surface area contributed by atoms with E-state index < -0.39 is 0 Å². The van der Waals surface area contributed by atoms with Crippen LogP contribution in [-0.2, 0) is 34.6 Å². The molecule has 0 saturated heterocycles. The smallest absolute Gasteiger partial charge is 2.00 e. The van der Waals surface area contributed by atoms with Gasteiger partial charge in [0.2, 0.25) is 0 Å². The van der Waals surface area contributed by atoms with Crippen molar-refractivity contribution in [1.29, 1.82) is 0 Å². The molecule has 0 aromatic heterocycles. The molecular formula is C4H9AgS-2. The van der Waals surface area contributed by atoms with E-state index in [4.69, 9.17) is 0 Å².